The molecule has 3 aromatic rings. The molecule has 0 saturated carbocycles. The second-order valence-electron chi connectivity index (χ2n) is 7.32. The van der Waals surface area contributed by atoms with E-state index in [1.54, 1.807) is 24.3 Å². The number of carbonyl (C=O) groups excluding carboxylic acids is 2. The number of halogens is 1. The largest absolute Gasteiger partial charge is 0.344 e. The normalized spacial score (nSPS) is 14.1. The second-order valence-corrected chi connectivity index (χ2v) is 9.82. The summed E-state index contributed by atoms with van der Waals surface area (Å²) in [6.07, 6.45) is 0. The fourth-order valence-corrected chi connectivity index (χ4v) is 4.89. The Hall–Kier alpha value is -3.17. The highest BCUT2D eigenvalue weighted by Gasteiger charge is 2.33. The number of carbonyl (C=O) groups is 2. The van der Waals surface area contributed by atoms with Crippen LogP contribution in [0.3, 0.4) is 0 Å². The van der Waals surface area contributed by atoms with E-state index < -0.39 is 21.7 Å². The van der Waals surface area contributed by atoms with Gasteiger partial charge in [0.15, 0.2) is 9.84 Å². The number of hydrogen-bond acceptors (Lipinski definition) is 5. The third-order valence-electron chi connectivity index (χ3n) is 4.87. The van der Waals surface area contributed by atoms with Crippen molar-refractivity contribution in [1.82, 2.24) is 15.1 Å². The molecule has 0 atom stereocenters. The Kier molecular flexibility index (Phi) is 5.55. The van der Waals surface area contributed by atoms with E-state index in [4.69, 9.17) is 11.6 Å². The molecule has 2 N–H and O–H groups in total. The molecule has 0 aliphatic carbocycles. The number of fused-ring (bicyclic) bond motifs is 1. The summed E-state index contributed by atoms with van der Waals surface area (Å²) in [7, 11) is -3.34. The summed E-state index contributed by atoms with van der Waals surface area (Å²) in [6, 6.07) is 14.2. The molecule has 4 rings (SSSR count). The number of nitrogens with zero attached hydrogens (tertiary/aromatic N) is 2. The van der Waals surface area contributed by atoms with Crippen LogP contribution in [0.2, 0.25) is 5.02 Å². The Bertz CT molecular complexity index is 1270. The molecule has 0 radical (unpaired) electrons. The first-order valence-electron chi connectivity index (χ1n) is 9.44. The summed E-state index contributed by atoms with van der Waals surface area (Å²) in [6.45, 7) is 2.15. The highest BCUT2D eigenvalue weighted by atomic mass is 35.5. The molecule has 1 aliphatic heterocycles. The Morgan fingerprint density at radius 3 is 2.39 bits per heavy atom. The van der Waals surface area contributed by atoms with E-state index in [1.165, 1.54) is 4.68 Å². The number of hydrogen-bond donors (Lipinski definition) is 2. The van der Waals surface area contributed by atoms with Gasteiger partial charge in [-0.1, -0.05) is 41.4 Å². The van der Waals surface area contributed by atoms with E-state index in [0.717, 1.165) is 11.1 Å². The summed E-state index contributed by atoms with van der Waals surface area (Å²) >= 11 is 5.94. The highest BCUT2D eigenvalue weighted by Crippen LogP contribution is 2.33. The molecular weight excluding hydrogens is 440 g/mol. The van der Waals surface area contributed by atoms with Crippen molar-refractivity contribution in [2.24, 2.45) is 0 Å². The van der Waals surface area contributed by atoms with E-state index >= 15 is 0 Å². The Balaban J connectivity index is 1.56. The fourth-order valence-electron chi connectivity index (χ4n) is 3.27. The predicted molar refractivity (Wildman–Crippen MR) is 117 cm³/mol. The zero-order chi connectivity index (χ0) is 22.2. The van der Waals surface area contributed by atoms with Crippen LogP contribution in [0.5, 0.6) is 0 Å². The Morgan fingerprint density at radius 1 is 1.03 bits per heavy atom. The third kappa shape index (κ3) is 4.62. The Labute approximate surface area is 184 Å². The molecule has 0 fully saturated rings. The third-order valence-corrected chi connectivity index (χ3v) is 6.56. The first kappa shape index (κ1) is 21.1. The van der Waals surface area contributed by atoms with Gasteiger partial charge in [-0.15, -0.1) is 0 Å². The van der Waals surface area contributed by atoms with E-state index in [2.05, 4.69) is 15.7 Å². The van der Waals surface area contributed by atoms with Crippen molar-refractivity contribution in [2.45, 2.75) is 25.0 Å². The van der Waals surface area contributed by atoms with Gasteiger partial charge in [-0.2, -0.15) is 5.10 Å². The van der Waals surface area contributed by atoms with Gasteiger partial charge in [0, 0.05) is 17.1 Å². The van der Waals surface area contributed by atoms with Gasteiger partial charge in [0.2, 0.25) is 0 Å². The minimum absolute atomic E-state index is 0.161. The zero-order valence-electron chi connectivity index (χ0n) is 16.6. The van der Waals surface area contributed by atoms with Gasteiger partial charge in [-0.25, -0.2) is 13.1 Å². The van der Waals surface area contributed by atoms with Crippen molar-refractivity contribution in [3.63, 3.8) is 0 Å². The van der Waals surface area contributed by atoms with E-state index in [0.29, 0.717) is 22.0 Å². The average Bonchev–Trinajstić information content (AvgIpc) is 3.20. The molecule has 0 spiro atoms. The van der Waals surface area contributed by atoms with Crippen LogP contribution in [-0.2, 0) is 37.5 Å². The van der Waals surface area contributed by atoms with Crippen molar-refractivity contribution >= 4 is 39.1 Å². The maximum atomic E-state index is 12.5. The summed E-state index contributed by atoms with van der Waals surface area (Å²) in [5.74, 6) is -2.05. The summed E-state index contributed by atoms with van der Waals surface area (Å²) in [5.41, 5.74) is 3.25. The number of aryl methyl sites for hydroxylation is 1. The number of sulfone groups is 1. The van der Waals surface area contributed by atoms with Crippen LogP contribution in [0, 0.1) is 6.92 Å². The Morgan fingerprint density at radius 2 is 1.71 bits per heavy atom. The molecule has 0 unspecified atom stereocenters. The van der Waals surface area contributed by atoms with Crippen molar-refractivity contribution in [1.29, 1.82) is 0 Å². The molecular formula is C21H19ClN4O4S. The lowest BCUT2D eigenvalue weighted by Crippen LogP contribution is -2.35. The molecule has 8 nitrogen and oxygen atoms in total. The molecule has 10 heteroatoms. The first-order valence-corrected chi connectivity index (χ1v) is 11.6. The van der Waals surface area contributed by atoms with Crippen LogP contribution in [0.4, 0.5) is 5.82 Å². The minimum atomic E-state index is -3.34. The molecule has 1 aromatic heterocycles. The smallest absolute Gasteiger partial charge is 0.314 e. The van der Waals surface area contributed by atoms with Crippen LogP contribution >= 0.6 is 11.6 Å². The average molecular weight is 459 g/mol. The van der Waals surface area contributed by atoms with Gasteiger partial charge in [-0.05, 0) is 36.8 Å². The SMILES string of the molecule is Cc1ccc(CNC(=O)C(=O)Nc2c3c(nn2-c2ccc(Cl)cc2)CS(=O)(=O)C3)cc1. The second kappa shape index (κ2) is 8.16. The maximum absolute atomic E-state index is 12.5. The molecule has 1 aliphatic rings. The molecule has 160 valence electrons. The lowest BCUT2D eigenvalue weighted by atomic mass is 10.1. The lowest BCUT2D eigenvalue weighted by molar-refractivity contribution is -0.136. The minimum Gasteiger partial charge on any atom is -0.344 e. The number of amides is 2. The molecule has 31 heavy (non-hydrogen) atoms. The van der Waals surface area contributed by atoms with Crippen LogP contribution in [0.1, 0.15) is 22.4 Å². The van der Waals surface area contributed by atoms with Gasteiger partial charge in [0.05, 0.1) is 22.9 Å². The number of benzene rings is 2. The van der Waals surface area contributed by atoms with Gasteiger partial charge >= 0.3 is 11.8 Å². The molecule has 2 amide bonds. The number of nitrogens with one attached hydrogen (secondary N) is 2. The van der Waals surface area contributed by atoms with Gasteiger partial charge in [0.1, 0.15) is 5.82 Å². The van der Waals surface area contributed by atoms with Gasteiger partial charge in [-0.3, -0.25) is 9.59 Å². The number of anilines is 1. The maximum Gasteiger partial charge on any atom is 0.314 e. The van der Waals surface area contributed by atoms with Crippen molar-refractivity contribution in [3.05, 3.63) is 75.9 Å². The van der Waals surface area contributed by atoms with Crippen LogP contribution in [0.25, 0.3) is 5.69 Å². The standard InChI is InChI=1S/C21H19ClN4O4S/c1-13-2-4-14(5-3-13)10-23-20(27)21(28)24-19-17-11-31(29,30)12-18(17)25-26(19)16-8-6-15(22)7-9-16/h2-9H,10-12H2,1H3,(H,23,27)(H,24,28). The summed E-state index contributed by atoms with van der Waals surface area (Å²) < 4.78 is 25.5. The summed E-state index contributed by atoms with van der Waals surface area (Å²) in [5, 5.41) is 9.97. The topological polar surface area (TPSA) is 110 Å². The molecule has 0 bridgehead atoms. The van der Waals surface area contributed by atoms with Gasteiger partial charge < -0.3 is 10.6 Å². The fraction of sp³-hybridized carbons (Fsp3) is 0.190. The number of aromatic nitrogens is 2. The quantitative estimate of drug-likeness (QED) is 0.584. The van der Waals surface area contributed by atoms with Crippen LogP contribution < -0.4 is 10.6 Å². The van der Waals surface area contributed by atoms with E-state index in [9.17, 15) is 18.0 Å². The van der Waals surface area contributed by atoms with Crippen molar-refractivity contribution in [2.75, 3.05) is 5.32 Å². The van der Waals surface area contributed by atoms with Crippen molar-refractivity contribution in [3.8, 4) is 5.69 Å². The molecule has 2 heterocycles. The molecule has 2 aromatic carbocycles. The molecule has 0 saturated heterocycles. The number of rotatable bonds is 4. The first-order chi connectivity index (χ1) is 14.7. The predicted octanol–water partition coefficient (Wildman–Crippen LogP) is 2.52. The summed E-state index contributed by atoms with van der Waals surface area (Å²) in [4.78, 5) is 24.9. The van der Waals surface area contributed by atoms with Crippen LogP contribution in [0.15, 0.2) is 48.5 Å². The monoisotopic (exact) mass is 458 g/mol. The van der Waals surface area contributed by atoms with E-state index in [1.807, 2.05) is 31.2 Å². The van der Waals surface area contributed by atoms with Gasteiger partial charge in [0.25, 0.3) is 0 Å². The van der Waals surface area contributed by atoms with Crippen molar-refractivity contribution < 1.29 is 18.0 Å². The highest BCUT2D eigenvalue weighted by molar-refractivity contribution is 7.90. The van der Waals surface area contributed by atoms with Crippen LogP contribution in [-0.4, -0.2) is 30.0 Å². The van der Waals surface area contributed by atoms with E-state index in [-0.39, 0.29) is 23.9 Å². The zero-order valence-corrected chi connectivity index (χ0v) is 18.1. The lowest BCUT2D eigenvalue weighted by Gasteiger charge is -2.11.